The molecule has 0 aromatic carbocycles. The van der Waals surface area contributed by atoms with Crippen molar-refractivity contribution in [3.05, 3.63) is 17.7 Å². The minimum atomic E-state index is -0.425. The zero-order valence-corrected chi connectivity index (χ0v) is 16.8. The minimum absolute atomic E-state index is 0.00393. The number of nitrogens with one attached hydrogen (secondary N) is 1. The van der Waals surface area contributed by atoms with Gasteiger partial charge >= 0.3 is 0 Å². The van der Waals surface area contributed by atoms with E-state index in [0.29, 0.717) is 26.2 Å². The smallest absolute Gasteiger partial charge is 0.249 e. The first-order valence-corrected chi connectivity index (χ1v) is 10.5. The summed E-state index contributed by atoms with van der Waals surface area (Å²) >= 11 is 0. The number of methoxy groups -OCH3 is 1. The van der Waals surface area contributed by atoms with Crippen molar-refractivity contribution >= 4 is 11.8 Å². The summed E-state index contributed by atoms with van der Waals surface area (Å²) in [4.78, 5) is 39.6. The molecule has 0 saturated carbocycles. The Morgan fingerprint density at radius 1 is 1.11 bits per heavy atom. The van der Waals surface area contributed by atoms with Crippen molar-refractivity contribution in [3.63, 3.8) is 0 Å². The van der Waals surface area contributed by atoms with Gasteiger partial charge in [0.05, 0.1) is 24.1 Å². The number of amides is 2. The molecule has 2 amide bonds. The first kappa shape index (κ1) is 19.4. The third kappa shape index (κ3) is 3.55. The number of imidazole rings is 1. The van der Waals surface area contributed by atoms with Crippen molar-refractivity contribution in [2.75, 3.05) is 53.0 Å². The lowest BCUT2D eigenvalue weighted by Gasteiger charge is -2.50. The number of carbonyl (C=O) groups excluding carboxylic acids is 2. The fraction of sp³-hybridized carbons (Fsp3) is 0.750. The van der Waals surface area contributed by atoms with Gasteiger partial charge in [-0.2, -0.15) is 0 Å². The average molecular weight is 390 g/mol. The van der Waals surface area contributed by atoms with Crippen molar-refractivity contribution in [1.29, 1.82) is 0 Å². The molecular weight excluding hydrogens is 358 g/mol. The Balaban J connectivity index is 1.47. The van der Waals surface area contributed by atoms with Gasteiger partial charge in [0.15, 0.2) is 0 Å². The maximum absolute atomic E-state index is 12.8. The SMILES string of the molecule is COCC(=O)N1CCc2[nH]cnc2C12CCN(C(=O)CN1CCCCC1)CC2. The van der Waals surface area contributed by atoms with Crippen LogP contribution in [0.15, 0.2) is 6.33 Å². The lowest BCUT2D eigenvalue weighted by Crippen LogP contribution is -2.60. The predicted molar refractivity (Wildman–Crippen MR) is 104 cm³/mol. The van der Waals surface area contributed by atoms with E-state index in [1.54, 1.807) is 13.4 Å². The molecule has 3 aliphatic rings. The molecule has 2 fully saturated rings. The fourth-order valence-corrected chi connectivity index (χ4v) is 5.08. The molecule has 0 atom stereocenters. The number of rotatable bonds is 4. The van der Waals surface area contributed by atoms with Crippen molar-refractivity contribution in [1.82, 2.24) is 24.7 Å². The zero-order valence-electron chi connectivity index (χ0n) is 16.8. The van der Waals surface area contributed by atoms with E-state index in [9.17, 15) is 9.59 Å². The van der Waals surface area contributed by atoms with E-state index in [1.165, 1.54) is 19.3 Å². The quantitative estimate of drug-likeness (QED) is 0.822. The lowest BCUT2D eigenvalue weighted by molar-refractivity contribution is -0.148. The summed E-state index contributed by atoms with van der Waals surface area (Å²) < 4.78 is 5.11. The number of fused-ring (bicyclic) bond motifs is 2. The van der Waals surface area contributed by atoms with Crippen molar-refractivity contribution < 1.29 is 14.3 Å². The largest absolute Gasteiger partial charge is 0.375 e. The van der Waals surface area contributed by atoms with E-state index in [0.717, 1.165) is 43.7 Å². The Morgan fingerprint density at radius 3 is 2.57 bits per heavy atom. The second-order valence-corrected chi connectivity index (χ2v) is 8.21. The molecule has 28 heavy (non-hydrogen) atoms. The first-order chi connectivity index (χ1) is 13.6. The van der Waals surface area contributed by atoms with Crippen LogP contribution >= 0.6 is 0 Å². The second-order valence-electron chi connectivity index (χ2n) is 8.21. The summed E-state index contributed by atoms with van der Waals surface area (Å²) in [6, 6.07) is 0. The van der Waals surface area contributed by atoms with Gasteiger partial charge in [-0.1, -0.05) is 6.42 Å². The number of H-pyrrole nitrogens is 1. The van der Waals surface area contributed by atoms with Crippen LogP contribution < -0.4 is 0 Å². The summed E-state index contributed by atoms with van der Waals surface area (Å²) in [5, 5.41) is 0. The summed E-state index contributed by atoms with van der Waals surface area (Å²) in [5.41, 5.74) is 1.67. The summed E-state index contributed by atoms with van der Waals surface area (Å²) in [6.07, 6.45) is 7.62. The van der Waals surface area contributed by atoms with Crippen LogP contribution in [-0.4, -0.2) is 89.5 Å². The number of hydrogen-bond donors (Lipinski definition) is 1. The summed E-state index contributed by atoms with van der Waals surface area (Å²) in [5.74, 6) is 0.217. The number of carbonyl (C=O) groups is 2. The Kier molecular flexibility index (Phi) is 5.68. The molecule has 4 rings (SSSR count). The third-order valence-electron chi connectivity index (χ3n) is 6.58. The highest BCUT2D eigenvalue weighted by molar-refractivity contribution is 5.80. The van der Waals surface area contributed by atoms with Crippen LogP contribution in [0.5, 0.6) is 0 Å². The number of aromatic amines is 1. The Hall–Kier alpha value is -1.93. The van der Waals surface area contributed by atoms with Crippen molar-refractivity contribution in [2.45, 2.75) is 44.1 Å². The maximum Gasteiger partial charge on any atom is 0.249 e. The number of nitrogens with zero attached hydrogens (tertiary/aromatic N) is 4. The molecule has 1 aromatic rings. The first-order valence-electron chi connectivity index (χ1n) is 10.5. The number of aromatic nitrogens is 2. The number of hydrogen-bond acceptors (Lipinski definition) is 5. The molecular formula is C20H31N5O3. The Morgan fingerprint density at radius 2 is 1.86 bits per heavy atom. The molecule has 8 nitrogen and oxygen atoms in total. The molecule has 2 saturated heterocycles. The van der Waals surface area contributed by atoms with Crippen LogP contribution in [-0.2, 0) is 26.3 Å². The van der Waals surface area contributed by atoms with Gasteiger partial charge in [-0.05, 0) is 38.8 Å². The molecule has 0 aliphatic carbocycles. The summed E-state index contributed by atoms with van der Waals surface area (Å²) in [6.45, 7) is 4.65. The van der Waals surface area contributed by atoms with Crippen LogP contribution in [0.4, 0.5) is 0 Å². The van der Waals surface area contributed by atoms with E-state index < -0.39 is 5.54 Å². The molecule has 4 heterocycles. The summed E-state index contributed by atoms with van der Waals surface area (Å²) in [7, 11) is 1.55. The van der Waals surface area contributed by atoms with Crippen LogP contribution in [0.1, 0.15) is 43.5 Å². The van der Waals surface area contributed by atoms with Crippen LogP contribution in [0.3, 0.4) is 0 Å². The highest BCUT2D eigenvalue weighted by Gasteiger charge is 2.49. The van der Waals surface area contributed by atoms with Gasteiger partial charge in [-0.3, -0.25) is 14.5 Å². The Bertz CT molecular complexity index is 704. The molecule has 1 aromatic heterocycles. The van der Waals surface area contributed by atoms with E-state index in [-0.39, 0.29) is 18.4 Å². The molecule has 0 bridgehead atoms. The van der Waals surface area contributed by atoms with Crippen molar-refractivity contribution in [2.24, 2.45) is 0 Å². The van der Waals surface area contributed by atoms with E-state index in [4.69, 9.17) is 4.74 Å². The van der Waals surface area contributed by atoms with Gasteiger partial charge in [0.25, 0.3) is 0 Å². The Labute approximate surface area is 166 Å². The predicted octanol–water partition coefficient (Wildman–Crippen LogP) is 0.744. The number of likely N-dealkylation sites (tertiary alicyclic amines) is 2. The standard InChI is InChI=1S/C20H31N5O3/c1-28-14-18(27)25-10-5-16-19(22-15-21-16)20(25)6-11-24(12-7-20)17(26)13-23-8-3-2-4-9-23/h15H,2-14H2,1H3,(H,21,22). The highest BCUT2D eigenvalue weighted by atomic mass is 16.5. The highest BCUT2D eigenvalue weighted by Crippen LogP contribution is 2.42. The van der Waals surface area contributed by atoms with Crippen LogP contribution in [0.2, 0.25) is 0 Å². The van der Waals surface area contributed by atoms with E-state index >= 15 is 0 Å². The molecule has 8 heteroatoms. The number of piperidine rings is 2. The van der Waals surface area contributed by atoms with Crippen molar-refractivity contribution in [3.8, 4) is 0 Å². The topological polar surface area (TPSA) is 81.8 Å². The fourth-order valence-electron chi connectivity index (χ4n) is 5.08. The monoisotopic (exact) mass is 389 g/mol. The minimum Gasteiger partial charge on any atom is -0.375 e. The normalized spacial score (nSPS) is 22.3. The second kappa shape index (κ2) is 8.21. The third-order valence-corrected chi connectivity index (χ3v) is 6.58. The van der Waals surface area contributed by atoms with E-state index in [1.807, 2.05) is 9.80 Å². The van der Waals surface area contributed by atoms with Gasteiger partial charge in [0.1, 0.15) is 6.61 Å². The van der Waals surface area contributed by atoms with Crippen LogP contribution in [0.25, 0.3) is 0 Å². The number of ether oxygens (including phenoxy) is 1. The molecule has 154 valence electrons. The molecule has 3 aliphatic heterocycles. The molecule has 0 unspecified atom stereocenters. The van der Waals surface area contributed by atoms with Gasteiger partial charge < -0.3 is 19.5 Å². The molecule has 1 N–H and O–H groups in total. The molecule has 0 radical (unpaired) electrons. The van der Waals surface area contributed by atoms with Gasteiger partial charge in [0, 0.05) is 38.9 Å². The van der Waals surface area contributed by atoms with Gasteiger partial charge in [-0.25, -0.2) is 4.98 Å². The maximum atomic E-state index is 12.8. The van der Waals surface area contributed by atoms with E-state index in [2.05, 4.69) is 14.9 Å². The zero-order chi connectivity index (χ0) is 19.6. The molecule has 1 spiro atoms. The van der Waals surface area contributed by atoms with Crippen LogP contribution in [0, 0.1) is 0 Å². The van der Waals surface area contributed by atoms with Gasteiger partial charge in [0.2, 0.25) is 11.8 Å². The average Bonchev–Trinajstić information content (AvgIpc) is 3.20. The van der Waals surface area contributed by atoms with Gasteiger partial charge in [-0.15, -0.1) is 0 Å². The lowest BCUT2D eigenvalue weighted by atomic mass is 9.78.